The van der Waals surface area contributed by atoms with Gasteiger partial charge in [0, 0.05) is 37.3 Å². The number of hydroxylamine groups is 1. The number of halogens is 5. The minimum absolute atomic E-state index is 0.108. The van der Waals surface area contributed by atoms with Crippen LogP contribution < -0.4 is 5.48 Å². The number of aryl methyl sites for hydroxylation is 1. The van der Waals surface area contributed by atoms with E-state index in [0.29, 0.717) is 18.5 Å². The molecule has 1 aliphatic rings. The third-order valence-electron chi connectivity index (χ3n) is 5.50. The summed E-state index contributed by atoms with van der Waals surface area (Å²) < 4.78 is 87.5. The molecule has 2 N–H and O–H groups in total. The predicted molar refractivity (Wildman–Crippen MR) is 100 cm³/mol. The number of piperidine rings is 1. The van der Waals surface area contributed by atoms with Gasteiger partial charge in [0.15, 0.2) is 4.75 Å². The average Bonchev–Trinajstić information content (AvgIpc) is 2.71. The van der Waals surface area contributed by atoms with E-state index in [1.165, 1.54) is 31.6 Å². The van der Waals surface area contributed by atoms with Crippen LogP contribution in [-0.2, 0) is 21.2 Å². The highest BCUT2D eigenvalue weighted by Crippen LogP contribution is 2.39. The summed E-state index contributed by atoms with van der Waals surface area (Å²) in [6.45, 7) is 2.58. The van der Waals surface area contributed by atoms with Gasteiger partial charge in [-0.2, -0.15) is 22.0 Å². The molecular formula is C18H24F5N3O4S. The van der Waals surface area contributed by atoms with E-state index in [0.717, 1.165) is 4.31 Å². The molecule has 1 aromatic rings. The number of nitrogens with zero attached hydrogens (tertiary/aromatic N) is 2. The number of amides is 1. The highest BCUT2D eigenvalue weighted by molar-refractivity contribution is 7.91. The monoisotopic (exact) mass is 473 g/mol. The van der Waals surface area contributed by atoms with Gasteiger partial charge in [-0.15, -0.1) is 0 Å². The Labute approximate surface area is 176 Å². The van der Waals surface area contributed by atoms with Gasteiger partial charge in [0.25, 0.3) is 5.91 Å². The number of alkyl halides is 5. The van der Waals surface area contributed by atoms with Crippen LogP contribution in [0.2, 0.25) is 0 Å². The fourth-order valence-corrected chi connectivity index (χ4v) is 4.85. The average molecular weight is 473 g/mol. The summed E-state index contributed by atoms with van der Waals surface area (Å²) in [5.74, 6) is -5.96. The number of pyridine rings is 1. The molecule has 176 valence electrons. The molecular weight excluding hydrogens is 449 g/mol. The zero-order valence-electron chi connectivity index (χ0n) is 16.9. The number of hydrogen-bond acceptors (Lipinski definition) is 5. The van der Waals surface area contributed by atoms with Crippen LogP contribution in [0.4, 0.5) is 22.0 Å². The van der Waals surface area contributed by atoms with Gasteiger partial charge in [0.1, 0.15) is 0 Å². The largest absolute Gasteiger partial charge is 0.453 e. The Bertz CT molecular complexity index is 880. The van der Waals surface area contributed by atoms with Gasteiger partial charge in [-0.1, -0.05) is 6.07 Å². The summed E-state index contributed by atoms with van der Waals surface area (Å²) in [4.78, 5) is 15.9. The molecule has 0 spiro atoms. The first-order valence-electron chi connectivity index (χ1n) is 9.47. The van der Waals surface area contributed by atoms with Crippen LogP contribution in [0.1, 0.15) is 50.3 Å². The van der Waals surface area contributed by atoms with Crippen molar-refractivity contribution in [2.24, 2.45) is 0 Å². The fraction of sp³-hybridized carbons (Fsp3) is 0.667. The molecule has 0 atom stereocenters. The highest BCUT2D eigenvalue weighted by atomic mass is 32.2. The minimum atomic E-state index is -5.60. The molecule has 1 fully saturated rings. The van der Waals surface area contributed by atoms with Gasteiger partial charge in [0.05, 0.1) is 0 Å². The van der Waals surface area contributed by atoms with Gasteiger partial charge in [0.2, 0.25) is 10.0 Å². The number of nitrogens with one attached hydrogen (secondary N) is 1. The molecule has 13 heteroatoms. The second-order valence-electron chi connectivity index (χ2n) is 7.92. The summed E-state index contributed by atoms with van der Waals surface area (Å²) >= 11 is 0. The summed E-state index contributed by atoms with van der Waals surface area (Å²) in [5.41, 5.74) is 2.17. The molecule has 0 saturated carbocycles. The quantitative estimate of drug-likeness (QED) is 0.360. The SMILES string of the molecule is CC(C)(C(=O)NO)S(=O)(=O)N1CCC(c2ccc(CCC(F)(F)C(F)(F)F)cn2)CC1. The van der Waals surface area contributed by atoms with Crippen molar-refractivity contribution in [2.75, 3.05) is 13.1 Å². The molecule has 2 heterocycles. The summed E-state index contributed by atoms with van der Waals surface area (Å²) in [5, 5.41) is 8.78. The summed E-state index contributed by atoms with van der Waals surface area (Å²) in [6, 6.07) is 2.98. The first-order chi connectivity index (χ1) is 14.1. The van der Waals surface area contributed by atoms with Crippen molar-refractivity contribution >= 4 is 15.9 Å². The molecule has 7 nitrogen and oxygen atoms in total. The molecule has 1 aliphatic heterocycles. The molecule has 0 aliphatic carbocycles. The van der Waals surface area contributed by atoms with Gasteiger partial charge in [-0.3, -0.25) is 15.0 Å². The van der Waals surface area contributed by atoms with Crippen LogP contribution in [0.15, 0.2) is 18.3 Å². The maximum atomic E-state index is 13.0. The molecule has 1 aromatic heterocycles. The van der Waals surface area contributed by atoms with E-state index in [1.54, 1.807) is 6.07 Å². The van der Waals surface area contributed by atoms with E-state index in [-0.39, 0.29) is 24.6 Å². The number of rotatable bonds is 7. The third kappa shape index (κ3) is 5.32. The van der Waals surface area contributed by atoms with Crippen molar-refractivity contribution in [3.63, 3.8) is 0 Å². The Kier molecular flexibility index (Phi) is 7.33. The molecule has 0 bridgehead atoms. The van der Waals surface area contributed by atoms with E-state index in [1.807, 2.05) is 0 Å². The Morgan fingerprint density at radius 2 is 1.77 bits per heavy atom. The van der Waals surface area contributed by atoms with Crippen molar-refractivity contribution in [3.05, 3.63) is 29.6 Å². The van der Waals surface area contributed by atoms with Gasteiger partial charge < -0.3 is 0 Å². The van der Waals surface area contributed by atoms with E-state index in [4.69, 9.17) is 5.21 Å². The number of carbonyl (C=O) groups is 1. The number of carbonyl (C=O) groups excluding carboxylic acids is 1. The third-order valence-corrected chi connectivity index (χ3v) is 8.02. The van der Waals surface area contributed by atoms with Crippen molar-refractivity contribution in [1.82, 2.24) is 14.8 Å². The smallest absolute Gasteiger partial charge is 0.289 e. The van der Waals surface area contributed by atoms with E-state index >= 15 is 0 Å². The summed E-state index contributed by atoms with van der Waals surface area (Å²) in [7, 11) is -4.04. The lowest BCUT2D eigenvalue weighted by molar-refractivity contribution is -0.284. The van der Waals surface area contributed by atoms with Crippen LogP contribution in [0.5, 0.6) is 0 Å². The normalized spacial score (nSPS) is 17.5. The fourth-order valence-electron chi connectivity index (χ4n) is 3.23. The second kappa shape index (κ2) is 8.94. The molecule has 0 aromatic carbocycles. The predicted octanol–water partition coefficient (Wildman–Crippen LogP) is 3.01. The van der Waals surface area contributed by atoms with Crippen molar-refractivity contribution in [1.29, 1.82) is 0 Å². The van der Waals surface area contributed by atoms with Crippen molar-refractivity contribution in [2.45, 2.75) is 62.3 Å². The molecule has 0 radical (unpaired) electrons. The Balaban J connectivity index is 1.98. The Morgan fingerprint density at radius 3 is 2.23 bits per heavy atom. The molecule has 1 amide bonds. The molecule has 2 rings (SSSR count). The zero-order chi connectivity index (χ0) is 23.7. The van der Waals surface area contributed by atoms with Crippen molar-refractivity contribution in [3.8, 4) is 0 Å². The van der Waals surface area contributed by atoms with Crippen LogP contribution in [0.25, 0.3) is 0 Å². The lowest BCUT2D eigenvalue weighted by Gasteiger charge is -2.35. The van der Waals surface area contributed by atoms with E-state index in [9.17, 15) is 35.2 Å². The molecule has 0 unspecified atom stereocenters. The first-order valence-corrected chi connectivity index (χ1v) is 10.9. The number of aromatic nitrogens is 1. The minimum Gasteiger partial charge on any atom is -0.289 e. The number of sulfonamides is 1. The van der Waals surface area contributed by atoms with E-state index < -0.39 is 45.6 Å². The van der Waals surface area contributed by atoms with Crippen LogP contribution >= 0.6 is 0 Å². The lowest BCUT2D eigenvalue weighted by Crippen LogP contribution is -2.54. The first kappa shape index (κ1) is 25.4. The van der Waals surface area contributed by atoms with Crippen LogP contribution in [-0.4, -0.2) is 58.8 Å². The van der Waals surface area contributed by atoms with E-state index in [2.05, 4.69) is 4.98 Å². The molecule has 1 saturated heterocycles. The lowest BCUT2D eigenvalue weighted by atomic mass is 9.93. The zero-order valence-corrected chi connectivity index (χ0v) is 17.7. The van der Waals surface area contributed by atoms with Crippen molar-refractivity contribution < 1.29 is 40.4 Å². The second-order valence-corrected chi connectivity index (χ2v) is 10.4. The van der Waals surface area contributed by atoms with Gasteiger partial charge in [-0.05, 0) is 44.7 Å². The van der Waals surface area contributed by atoms with Gasteiger partial charge >= 0.3 is 12.1 Å². The highest BCUT2D eigenvalue weighted by Gasteiger charge is 2.56. The Hall–Kier alpha value is -1.86. The summed E-state index contributed by atoms with van der Waals surface area (Å²) in [6.07, 6.45) is -5.44. The number of hydrogen-bond donors (Lipinski definition) is 2. The van der Waals surface area contributed by atoms with Crippen LogP contribution in [0.3, 0.4) is 0 Å². The molecule has 31 heavy (non-hydrogen) atoms. The standard InChI is InChI=1S/C18H24F5N3O4S/c1-16(2,15(27)25-28)31(29,30)26-9-6-13(7-10-26)14-4-3-12(11-24-14)5-8-17(19,20)18(21,22)23/h3-4,11,13,28H,5-10H2,1-2H3,(H,25,27). The van der Waals surface area contributed by atoms with Crippen LogP contribution in [0, 0.1) is 0 Å². The maximum Gasteiger partial charge on any atom is 0.453 e. The van der Waals surface area contributed by atoms with Gasteiger partial charge in [-0.25, -0.2) is 18.2 Å². The maximum absolute atomic E-state index is 13.0. The topological polar surface area (TPSA) is 99.6 Å². The Morgan fingerprint density at radius 1 is 1.19 bits per heavy atom.